The Morgan fingerprint density at radius 1 is 1.14 bits per heavy atom. The molecular weight excluding hydrogens is 328 g/mol. The van der Waals surface area contributed by atoms with Crippen LogP contribution < -0.4 is 0 Å². The number of alkyl halides is 1. The molecule has 0 saturated carbocycles. The number of hydrogen-bond donors (Lipinski definition) is 0. The molecule has 1 aliphatic carbocycles. The Bertz CT molecular complexity index is 679. The molecule has 2 aromatic rings. The van der Waals surface area contributed by atoms with Gasteiger partial charge in [-0.3, -0.25) is 4.79 Å². The number of benzene rings is 2. The quantitative estimate of drug-likeness (QED) is 0.610. The van der Waals surface area contributed by atoms with E-state index < -0.39 is 0 Å². The van der Waals surface area contributed by atoms with Gasteiger partial charge in [-0.25, -0.2) is 0 Å². The van der Waals surface area contributed by atoms with Crippen LogP contribution in [0.3, 0.4) is 0 Å². The van der Waals surface area contributed by atoms with Gasteiger partial charge in [-0.05, 0) is 40.7 Å². The van der Waals surface area contributed by atoms with E-state index in [-0.39, 0.29) is 11.9 Å². The van der Waals surface area contributed by atoms with E-state index in [4.69, 9.17) is 4.74 Å². The number of carbonyl (C=O) groups is 1. The number of fused-ring (bicyclic) bond motifs is 3. The van der Waals surface area contributed by atoms with Gasteiger partial charge in [-0.15, -0.1) is 0 Å². The van der Waals surface area contributed by atoms with E-state index in [1.807, 2.05) is 18.2 Å². The van der Waals surface area contributed by atoms with Crippen molar-refractivity contribution in [2.24, 2.45) is 0 Å². The van der Waals surface area contributed by atoms with E-state index in [9.17, 15) is 4.79 Å². The summed E-state index contributed by atoms with van der Waals surface area (Å²) in [5.74, 6) is -0.458. The molecule has 1 atom stereocenters. The van der Waals surface area contributed by atoms with Crippen LogP contribution >= 0.6 is 15.9 Å². The monoisotopic (exact) mass is 344 g/mol. The summed E-state index contributed by atoms with van der Waals surface area (Å²) in [5.41, 5.74) is 5.77. The lowest BCUT2D eigenvalue weighted by atomic mass is 9.91. The Morgan fingerprint density at radius 3 is 2.67 bits per heavy atom. The summed E-state index contributed by atoms with van der Waals surface area (Å²) in [6.45, 7) is 0. The lowest BCUT2D eigenvalue weighted by Gasteiger charge is -2.15. The molecule has 0 aromatic heterocycles. The zero-order valence-electron chi connectivity index (χ0n) is 11.9. The van der Waals surface area contributed by atoms with Gasteiger partial charge in [0.25, 0.3) is 0 Å². The smallest absolute Gasteiger partial charge is 0.317 e. The molecule has 0 spiro atoms. The lowest BCUT2D eigenvalue weighted by Crippen LogP contribution is -2.14. The molecule has 1 aliphatic rings. The molecule has 3 rings (SSSR count). The van der Waals surface area contributed by atoms with Crippen LogP contribution in [0.4, 0.5) is 0 Å². The first-order chi connectivity index (χ1) is 10.3. The van der Waals surface area contributed by atoms with Crippen LogP contribution in [0.5, 0.6) is 0 Å². The predicted octanol–water partition coefficient (Wildman–Crippen LogP) is 4.30. The van der Waals surface area contributed by atoms with Crippen molar-refractivity contribution in [3.05, 3.63) is 59.2 Å². The maximum atomic E-state index is 12.3. The normalized spacial score (nSPS) is 15.4. The molecule has 0 amide bonds. The summed E-state index contributed by atoms with van der Waals surface area (Å²) in [4.78, 5) is 12.3. The van der Waals surface area contributed by atoms with Crippen molar-refractivity contribution in [3.63, 3.8) is 0 Å². The third-order valence-electron chi connectivity index (χ3n) is 4.06. The summed E-state index contributed by atoms with van der Waals surface area (Å²) in [6, 6.07) is 14.4. The van der Waals surface area contributed by atoms with Gasteiger partial charge >= 0.3 is 5.97 Å². The number of esters is 1. The third-order valence-corrected chi connectivity index (χ3v) is 4.62. The molecule has 0 aliphatic heterocycles. The van der Waals surface area contributed by atoms with Crippen molar-refractivity contribution in [1.82, 2.24) is 0 Å². The van der Waals surface area contributed by atoms with E-state index in [1.54, 1.807) is 0 Å². The van der Waals surface area contributed by atoms with Crippen molar-refractivity contribution in [2.75, 3.05) is 12.4 Å². The first kappa shape index (κ1) is 14.3. The number of ether oxygens (including phenoxy) is 1. The predicted molar refractivity (Wildman–Crippen MR) is 87.9 cm³/mol. The maximum Gasteiger partial charge on any atom is 0.317 e. The molecule has 1 unspecified atom stereocenters. The first-order valence-corrected chi connectivity index (χ1v) is 8.25. The van der Waals surface area contributed by atoms with Crippen molar-refractivity contribution < 1.29 is 9.53 Å². The molecule has 0 bridgehead atoms. The minimum absolute atomic E-state index is 0.174. The van der Waals surface area contributed by atoms with Gasteiger partial charge in [0, 0.05) is 5.33 Å². The highest BCUT2D eigenvalue weighted by Gasteiger charge is 2.35. The molecule has 108 valence electrons. The fourth-order valence-electron chi connectivity index (χ4n) is 3.18. The zero-order chi connectivity index (χ0) is 14.8. The number of aryl methyl sites for hydroxylation is 1. The number of hydrogen-bond acceptors (Lipinski definition) is 2. The molecule has 0 heterocycles. The van der Waals surface area contributed by atoms with E-state index in [0.717, 1.165) is 34.9 Å². The average Bonchev–Trinajstić information content (AvgIpc) is 2.87. The van der Waals surface area contributed by atoms with Gasteiger partial charge in [0.05, 0.1) is 7.11 Å². The molecule has 2 aromatic carbocycles. The van der Waals surface area contributed by atoms with E-state index in [0.29, 0.717) is 0 Å². The molecular formula is C18H17BrO2. The second kappa shape index (κ2) is 6.02. The van der Waals surface area contributed by atoms with Gasteiger partial charge in [-0.1, -0.05) is 58.4 Å². The van der Waals surface area contributed by atoms with Gasteiger partial charge in [0.2, 0.25) is 0 Å². The molecule has 0 radical (unpaired) electrons. The highest BCUT2D eigenvalue weighted by molar-refractivity contribution is 9.09. The molecule has 3 heteroatoms. The van der Waals surface area contributed by atoms with Crippen LogP contribution in [0.2, 0.25) is 0 Å². The highest BCUT2D eigenvalue weighted by Crippen LogP contribution is 2.46. The Morgan fingerprint density at radius 2 is 1.90 bits per heavy atom. The molecule has 21 heavy (non-hydrogen) atoms. The van der Waals surface area contributed by atoms with Gasteiger partial charge in [-0.2, -0.15) is 0 Å². The van der Waals surface area contributed by atoms with E-state index in [2.05, 4.69) is 40.2 Å². The van der Waals surface area contributed by atoms with Crippen molar-refractivity contribution in [2.45, 2.75) is 18.8 Å². The van der Waals surface area contributed by atoms with Crippen LogP contribution in [0.15, 0.2) is 42.5 Å². The molecule has 0 N–H and O–H groups in total. The minimum atomic E-state index is -0.285. The summed E-state index contributed by atoms with van der Waals surface area (Å²) >= 11 is 3.48. The molecule has 2 nitrogen and oxygen atoms in total. The number of carbonyl (C=O) groups excluding carboxylic acids is 1. The zero-order valence-corrected chi connectivity index (χ0v) is 13.5. The van der Waals surface area contributed by atoms with E-state index in [1.165, 1.54) is 18.2 Å². The van der Waals surface area contributed by atoms with Crippen molar-refractivity contribution in [3.8, 4) is 11.1 Å². The van der Waals surface area contributed by atoms with Crippen LogP contribution in [-0.2, 0) is 16.0 Å². The summed E-state index contributed by atoms with van der Waals surface area (Å²) in [6.07, 6.45) is 2.02. The summed E-state index contributed by atoms with van der Waals surface area (Å²) in [5, 5.41) is 0.965. The Balaban J connectivity index is 2.18. The SMILES string of the molecule is COC(=O)C1c2ccccc2-c2cccc(CCCBr)c21. The van der Waals surface area contributed by atoms with Crippen LogP contribution in [0.25, 0.3) is 11.1 Å². The highest BCUT2D eigenvalue weighted by atomic mass is 79.9. The first-order valence-electron chi connectivity index (χ1n) is 7.12. The van der Waals surface area contributed by atoms with Gasteiger partial charge in [0.15, 0.2) is 0 Å². The summed E-state index contributed by atoms with van der Waals surface area (Å²) in [7, 11) is 1.46. The van der Waals surface area contributed by atoms with Gasteiger partial charge < -0.3 is 4.74 Å². The van der Waals surface area contributed by atoms with Crippen LogP contribution in [0.1, 0.15) is 29.0 Å². The van der Waals surface area contributed by atoms with Crippen molar-refractivity contribution in [1.29, 1.82) is 0 Å². The fraction of sp³-hybridized carbons (Fsp3) is 0.278. The number of methoxy groups -OCH3 is 1. The standard InChI is InChI=1S/C18H17BrO2/c1-21-18(20)17-15-9-3-2-8-13(15)14-10-4-6-12(16(14)17)7-5-11-19/h2-4,6,8-10,17H,5,7,11H2,1H3. The number of rotatable bonds is 4. The molecule has 0 fully saturated rings. The lowest BCUT2D eigenvalue weighted by molar-refractivity contribution is -0.141. The minimum Gasteiger partial charge on any atom is -0.468 e. The number of halogens is 1. The maximum absolute atomic E-state index is 12.3. The fourth-order valence-corrected chi connectivity index (χ4v) is 3.46. The van der Waals surface area contributed by atoms with E-state index >= 15 is 0 Å². The Hall–Kier alpha value is -1.61. The third kappa shape index (κ3) is 2.40. The second-order valence-electron chi connectivity index (χ2n) is 5.21. The topological polar surface area (TPSA) is 26.3 Å². The largest absolute Gasteiger partial charge is 0.468 e. The Labute approximate surface area is 133 Å². The molecule has 0 saturated heterocycles. The second-order valence-corrected chi connectivity index (χ2v) is 6.01. The summed E-state index contributed by atoms with van der Waals surface area (Å²) < 4.78 is 5.06. The average molecular weight is 345 g/mol. The Kier molecular flexibility index (Phi) is 4.11. The van der Waals surface area contributed by atoms with Crippen LogP contribution in [-0.4, -0.2) is 18.4 Å². The van der Waals surface area contributed by atoms with Crippen molar-refractivity contribution >= 4 is 21.9 Å². The van der Waals surface area contributed by atoms with Gasteiger partial charge in [0.1, 0.15) is 5.92 Å². The van der Waals surface area contributed by atoms with Crippen LogP contribution in [0, 0.1) is 0 Å².